The summed E-state index contributed by atoms with van der Waals surface area (Å²) in [6.07, 6.45) is 2.23. The first kappa shape index (κ1) is 23.4. The Kier molecular flexibility index (Phi) is 6.09. The van der Waals surface area contributed by atoms with E-state index in [0.29, 0.717) is 0 Å². The lowest BCUT2D eigenvalue weighted by atomic mass is 9.83. The van der Waals surface area contributed by atoms with Crippen molar-refractivity contribution in [3.8, 4) is 11.3 Å². The van der Waals surface area contributed by atoms with Crippen molar-refractivity contribution in [2.75, 3.05) is 0 Å². The number of fused-ring (bicyclic) bond motifs is 1. The van der Waals surface area contributed by atoms with Crippen molar-refractivity contribution in [1.82, 2.24) is 0 Å². The molecule has 1 aromatic heterocycles. The van der Waals surface area contributed by atoms with Gasteiger partial charge in [0.1, 0.15) is 7.05 Å². The van der Waals surface area contributed by atoms with Crippen LogP contribution in [0.4, 0.5) is 0 Å². The van der Waals surface area contributed by atoms with Gasteiger partial charge in [0.15, 0.2) is 6.20 Å². The van der Waals surface area contributed by atoms with Crippen LogP contribution < -0.4 is 9.75 Å². The maximum Gasteiger partial charge on any atom is 0.220 e. The van der Waals surface area contributed by atoms with Gasteiger partial charge in [0.2, 0.25) is 5.69 Å². The molecule has 1 nitrogen and oxygen atoms in total. The minimum Gasteiger partial charge on any atom is -0.200 e. The van der Waals surface area contributed by atoms with E-state index < -0.39 is 8.07 Å². The van der Waals surface area contributed by atoms with Gasteiger partial charge in [-0.2, -0.15) is 0 Å². The second-order valence-electron chi connectivity index (χ2n) is 11.3. The Bertz CT molecular complexity index is 1310. The predicted molar refractivity (Wildman–Crippen MR) is 146 cm³/mol. The van der Waals surface area contributed by atoms with Crippen LogP contribution in [-0.2, 0) is 18.5 Å². The van der Waals surface area contributed by atoms with E-state index in [-0.39, 0.29) is 5.41 Å². The molecule has 0 aliphatic rings. The van der Waals surface area contributed by atoms with Crippen LogP contribution in [0.1, 0.15) is 43.0 Å². The van der Waals surface area contributed by atoms with Crippen molar-refractivity contribution in [3.63, 3.8) is 0 Å². The number of aromatic nitrogens is 1. The van der Waals surface area contributed by atoms with Crippen LogP contribution in [-0.4, -0.2) is 8.07 Å². The Morgan fingerprint density at radius 1 is 0.848 bits per heavy atom. The standard InChI is InChI=1S/C31H38NSi/c1-22-18-26(31(3,4)5)20-29(23(22)2)30-28-15-14-27(19-25(28)16-17-32(30)6)33(7,8)21-24-12-10-9-11-13-24/h9-20H,21H2,1-8H3/q+1. The van der Waals surface area contributed by atoms with E-state index >= 15 is 0 Å². The van der Waals surface area contributed by atoms with Gasteiger partial charge in [-0.25, -0.2) is 4.57 Å². The van der Waals surface area contributed by atoms with Gasteiger partial charge >= 0.3 is 0 Å². The monoisotopic (exact) mass is 452 g/mol. The van der Waals surface area contributed by atoms with Gasteiger partial charge < -0.3 is 0 Å². The van der Waals surface area contributed by atoms with Crippen LogP contribution >= 0.6 is 0 Å². The zero-order valence-electron chi connectivity index (χ0n) is 21.6. The summed E-state index contributed by atoms with van der Waals surface area (Å²) >= 11 is 0. The zero-order chi connectivity index (χ0) is 24.0. The molecule has 33 heavy (non-hydrogen) atoms. The summed E-state index contributed by atoms with van der Waals surface area (Å²) in [5.74, 6) is 0. The molecule has 4 aromatic rings. The Morgan fingerprint density at radius 2 is 1.55 bits per heavy atom. The first-order chi connectivity index (χ1) is 15.5. The highest BCUT2D eigenvalue weighted by Gasteiger charge is 2.26. The Labute approximate surface area is 201 Å². The van der Waals surface area contributed by atoms with Gasteiger partial charge in [-0.15, -0.1) is 0 Å². The van der Waals surface area contributed by atoms with Gasteiger partial charge in [-0.1, -0.05) is 93.1 Å². The number of rotatable bonds is 4. The van der Waals surface area contributed by atoms with E-state index in [4.69, 9.17) is 0 Å². The Balaban J connectivity index is 1.86. The summed E-state index contributed by atoms with van der Waals surface area (Å²) in [6, 6.07) is 26.4. The smallest absolute Gasteiger partial charge is 0.200 e. The summed E-state index contributed by atoms with van der Waals surface area (Å²) < 4.78 is 2.29. The number of aryl methyl sites for hydroxylation is 2. The van der Waals surface area contributed by atoms with E-state index in [1.165, 1.54) is 55.5 Å². The van der Waals surface area contributed by atoms with Crippen molar-refractivity contribution in [2.24, 2.45) is 7.05 Å². The third-order valence-corrected chi connectivity index (χ3v) is 10.4. The molecule has 0 aliphatic heterocycles. The van der Waals surface area contributed by atoms with Gasteiger partial charge in [0.25, 0.3) is 0 Å². The van der Waals surface area contributed by atoms with Crippen molar-refractivity contribution in [2.45, 2.75) is 59.2 Å². The first-order valence-electron chi connectivity index (χ1n) is 12.1. The lowest BCUT2D eigenvalue weighted by Gasteiger charge is -2.24. The Morgan fingerprint density at radius 3 is 2.21 bits per heavy atom. The number of nitrogens with zero attached hydrogens (tertiary/aromatic N) is 1. The molecule has 0 fully saturated rings. The summed E-state index contributed by atoms with van der Waals surface area (Å²) in [5, 5.41) is 4.20. The fraction of sp³-hybridized carbons (Fsp3) is 0.323. The summed E-state index contributed by atoms with van der Waals surface area (Å²) in [7, 11) is 0.568. The maximum atomic E-state index is 2.49. The molecule has 3 aromatic carbocycles. The third-order valence-electron chi connectivity index (χ3n) is 7.20. The molecule has 0 unspecified atom stereocenters. The van der Waals surface area contributed by atoms with Crippen LogP contribution in [0.2, 0.25) is 13.1 Å². The second kappa shape index (κ2) is 8.57. The molecule has 1 heterocycles. The van der Waals surface area contributed by atoms with Crippen LogP contribution in [0.3, 0.4) is 0 Å². The molecule has 4 rings (SSSR count). The quantitative estimate of drug-likeness (QED) is 0.233. The summed E-state index contributed by atoms with van der Waals surface area (Å²) in [4.78, 5) is 0. The van der Waals surface area contributed by atoms with E-state index in [1.54, 1.807) is 0 Å². The normalized spacial score (nSPS) is 12.4. The van der Waals surface area contributed by atoms with Crippen LogP contribution in [0.5, 0.6) is 0 Å². The topological polar surface area (TPSA) is 3.88 Å². The average Bonchev–Trinajstić information content (AvgIpc) is 2.75. The van der Waals surface area contributed by atoms with Crippen molar-refractivity contribution in [3.05, 3.63) is 95.2 Å². The first-order valence-corrected chi connectivity index (χ1v) is 15.3. The van der Waals surface area contributed by atoms with E-state index in [9.17, 15) is 0 Å². The van der Waals surface area contributed by atoms with Crippen molar-refractivity contribution >= 4 is 24.0 Å². The molecule has 0 aliphatic carbocycles. The molecule has 0 saturated heterocycles. The van der Waals surface area contributed by atoms with Crippen LogP contribution in [0, 0.1) is 13.8 Å². The average molecular weight is 453 g/mol. The minimum absolute atomic E-state index is 0.122. The summed E-state index contributed by atoms with van der Waals surface area (Å²) in [6.45, 7) is 16.4. The molecular formula is C31H38NSi+. The van der Waals surface area contributed by atoms with E-state index in [2.05, 4.69) is 132 Å². The van der Waals surface area contributed by atoms with E-state index in [1.807, 2.05) is 0 Å². The fourth-order valence-corrected chi connectivity index (χ4v) is 7.42. The molecule has 0 radical (unpaired) electrons. The Hall–Kier alpha value is -2.71. The highest BCUT2D eigenvalue weighted by atomic mass is 28.3. The maximum absolute atomic E-state index is 2.49. The molecular weight excluding hydrogens is 414 g/mol. The van der Waals surface area contributed by atoms with Crippen molar-refractivity contribution in [1.29, 1.82) is 0 Å². The third kappa shape index (κ3) is 4.68. The van der Waals surface area contributed by atoms with Crippen LogP contribution in [0.25, 0.3) is 22.0 Å². The molecule has 0 amide bonds. The van der Waals surface area contributed by atoms with Gasteiger partial charge in [0, 0.05) is 6.07 Å². The molecule has 2 heteroatoms. The minimum atomic E-state index is -1.61. The van der Waals surface area contributed by atoms with Crippen molar-refractivity contribution < 1.29 is 4.57 Å². The molecule has 0 atom stereocenters. The molecule has 0 bridgehead atoms. The zero-order valence-corrected chi connectivity index (χ0v) is 22.6. The lowest BCUT2D eigenvalue weighted by molar-refractivity contribution is -0.659. The second-order valence-corrected chi connectivity index (χ2v) is 16.0. The predicted octanol–water partition coefficient (Wildman–Crippen LogP) is 6.94. The number of benzene rings is 3. The van der Waals surface area contributed by atoms with Crippen LogP contribution in [0.15, 0.2) is 72.9 Å². The fourth-order valence-electron chi connectivity index (χ4n) is 4.88. The largest absolute Gasteiger partial charge is 0.220 e. The molecule has 0 saturated carbocycles. The molecule has 170 valence electrons. The van der Waals surface area contributed by atoms with Gasteiger partial charge in [-0.3, -0.25) is 0 Å². The lowest BCUT2D eigenvalue weighted by Crippen LogP contribution is -2.44. The molecule has 0 spiro atoms. The van der Waals surface area contributed by atoms with E-state index in [0.717, 1.165) is 0 Å². The van der Waals surface area contributed by atoms with Gasteiger partial charge in [0.05, 0.1) is 19.0 Å². The number of hydrogen-bond donors (Lipinski definition) is 0. The molecule has 0 N–H and O–H groups in total. The number of hydrogen-bond acceptors (Lipinski definition) is 0. The van der Waals surface area contributed by atoms with Gasteiger partial charge in [-0.05, 0) is 59.5 Å². The summed E-state index contributed by atoms with van der Waals surface area (Å²) in [5.41, 5.74) is 8.35. The highest BCUT2D eigenvalue weighted by Crippen LogP contribution is 2.34. The SMILES string of the molecule is Cc1cc(C(C)(C)C)cc(-c2c3ccc([Si](C)(C)Cc4ccccc4)cc3cc[n+]2C)c1C. The number of pyridine rings is 1. The highest BCUT2D eigenvalue weighted by molar-refractivity contribution is 6.89.